The van der Waals surface area contributed by atoms with Crippen LogP contribution >= 0.6 is 0 Å². The van der Waals surface area contributed by atoms with Crippen molar-refractivity contribution in [2.45, 2.75) is 51.2 Å². The van der Waals surface area contributed by atoms with Crippen LogP contribution < -0.4 is 0 Å². The number of aliphatic hydroxyl groups excluding tert-OH is 2. The lowest BCUT2D eigenvalue weighted by molar-refractivity contribution is 0.108. The molecule has 1 aliphatic rings. The summed E-state index contributed by atoms with van der Waals surface area (Å²) in [5, 5.41) is 19.4. The van der Waals surface area contributed by atoms with Crippen molar-refractivity contribution in [2.24, 2.45) is 0 Å². The Bertz CT molecular complexity index is 446. The molecule has 1 aliphatic carbocycles. The Kier molecular flexibility index (Phi) is 6.15. The molecule has 21 heavy (non-hydrogen) atoms. The van der Waals surface area contributed by atoms with Gasteiger partial charge in [-0.25, -0.2) is 4.39 Å². The molecule has 0 spiro atoms. The third-order valence-corrected chi connectivity index (χ3v) is 4.50. The normalized spacial score (nSPS) is 17.6. The van der Waals surface area contributed by atoms with E-state index in [1.807, 2.05) is 0 Å². The summed E-state index contributed by atoms with van der Waals surface area (Å²) in [7, 11) is 0. The molecule has 0 amide bonds. The lowest BCUT2D eigenvalue weighted by Gasteiger charge is -2.29. The van der Waals surface area contributed by atoms with E-state index < -0.39 is 6.10 Å². The van der Waals surface area contributed by atoms with Crippen molar-refractivity contribution >= 4 is 0 Å². The zero-order valence-electron chi connectivity index (χ0n) is 12.8. The van der Waals surface area contributed by atoms with E-state index >= 15 is 0 Å². The Balaban J connectivity index is 1.91. The summed E-state index contributed by atoms with van der Waals surface area (Å²) in [5.41, 5.74) is 1.23. The van der Waals surface area contributed by atoms with E-state index in [9.17, 15) is 14.6 Å². The van der Waals surface area contributed by atoms with Gasteiger partial charge in [0, 0.05) is 19.1 Å². The third kappa shape index (κ3) is 4.50. The molecule has 0 heterocycles. The summed E-state index contributed by atoms with van der Waals surface area (Å²) in [6.07, 6.45) is 4.77. The highest BCUT2D eigenvalue weighted by Crippen LogP contribution is 2.25. The van der Waals surface area contributed by atoms with Crippen LogP contribution in [0.25, 0.3) is 0 Å². The number of aryl methyl sites for hydroxylation is 1. The average Bonchev–Trinajstić information content (AvgIpc) is 3.00. The molecule has 3 nitrogen and oxygen atoms in total. The van der Waals surface area contributed by atoms with Gasteiger partial charge in [0.1, 0.15) is 5.82 Å². The number of hydrogen-bond acceptors (Lipinski definition) is 3. The first-order valence-corrected chi connectivity index (χ1v) is 7.91. The van der Waals surface area contributed by atoms with Gasteiger partial charge in [-0.05, 0) is 43.4 Å². The van der Waals surface area contributed by atoms with Crippen molar-refractivity contribution in [3.63, 3.8) is 0 Å². The van der Waals surface area contributed by atoms with Gasteiger partial charge in [-0.1, -0.05) is 25.0 Å². The van der Waals surface area contributed by atoms with Crippen molar-refractivity contribution < 1.29 is 14.6 Å². The lowest BCUT2D eigenvalue weighted by Crippen LogP contribution is -2.37. The van der Waals surface area contributed by atoms with Crippen LogP contribution in [0.1, 0.15) is 49.3 Å². The second-order valence-corrected chi connectivity index (χ2v) is 6.01. The predicted octanol–water partition coefficient (Wildman–Crippen LogP) is 2.79. The van der Waals surface area contributed by atoms with Gasteiger partial charge in [-0.3, -0.25) is 4.90 Å². The van der Waals surface area contributed by atoms with E-state index in [-0.39, 0.29) is 12.4 Å². The Labute approximate surface area is 126 Å². The zero-order chi connectivity index (χ0) is 15.2. The van der Waals surface area contributed by atoms with E-state index in [1.54, 1.807) is 19.1 Å². The maximum absolute atomic E-state index is 13.6. The molecule has 4 heteroatoms. The van der Waals surface area contributed by atoms with Gasteiger partial charge in [0.05, 0.1) is 12.7 Å². The minimum absolute atomic E-state index is 0.145. The topological polar surface area (TPSA) is 43.7 Å². The van der Waals surface area contributed by atoms with E-state index in [1.165, 1.54) is 31.7 Å². The molecule has 2 rings (SSSR count). The summed E-state index contributed by atoms with van der Waals surface area (Å²) >= 11 is 0. The molecule has 0 radical (unpaired) electrons. The second kappa shape index (κ2) is 7.87. The molecular weight excluding hydrogens is 269 g/mol. The number of halogens is 1. The molecule has 0 aliphatic heterocycles. The predicted molar refractivity (Wildman–Crippen MR) is 81.6 cm³/mol. The highest BCUT2D eigenvalue weighted by molar-refractivity contribution is 5.24. The monoisotopic (exact) mass is 295 g/mol. The number of nitrogens with zero attached hydrogens (tertiary/aromatic N) is 1. The summed E-state index contributed by atoms with van der Waals surface area (Å²) in [6.45, 7) is 3.25. The summed E-state index contributed by atoms with van der Waals surface area (Å²) < 4.78 is 13.6. The van der Waals surface area contributed by atoms with Gasteiger partial charge in [-0.15, -0.1) is 0 Å². The van der Waals surface area contributed by atoms with E-state index in [0.29, 0.717) is 30.1 Å². The third-order valence-electron chi connectivity index (χ3n) is 4.50. The van der Waals surface area contributed by atoms with Crippen molar-refractivity contribution in [2.75, 3.05) is 19.7 Å². The van der Waals surface area contributed by atoms with Crippen LogP contribution in [-0.2, 0) is 0 Å². The fourth-order valence-corrected chi connectivity index (χ4v) is 3.15. The molecule has 0 aromatic heterocycles. The Morgan fingerprint density at radius 1 is 1.29 bits per heavy atom. The SMILES string of the molecule is Cc1ccc(C(O)CCN(CCO)C2CCCC2)cc1F. The van der Waals surface area contributed by atoms with E-state index in [0.717, 1.165) is 6.54 Å². The van der Waals surface area contributed by atoms with Crippen molar-refractivity contribution in [1.29, 1.82) is 0 Å². The largest absolute Gasteiger partial charge is 0.395 e. The van der Waals surface area contributed by atoms with Crippen LogP contribution in [0.2, 0.25) is 0 Å². The number of aliphatic hydroxyl groups is 2. The van der Waals surface area contributed by atoms with Gasteiger partial charge in [0.15, 0.2) is 0 Å². The molecule has 118 valence electrons. The first-order chi connectivity index (χ1) is 10.1. The minimum Gasteiger partial charge on any atom is -0.395 e. The van der Waals surface area contributed by atoms with Crippen LogP contribution in [0.5, 0.6) is 0 Å². The quantitative estimate of drug-likeness (QED) is 0.813. The molecule has 2 N–H and O–H groups in total. The van der Waals surface area contributed by atoms with Gasteiger partial charge >= 0.3 is 0 Å². The fourth-order valence-electron chi connectivity index (χ4n) is 3.15. The Hall–Kier alpha value is -0.970. The van der Waals surface area contributed by atoms with Crippen molar-refractivity contribution in [1.82, 2.24) is 4.90 Å². The van der Waals surface area contributed by atoms with Crippen LogP contribution in [0.4, 0.5) is 4.39 Å². The van der Waals surface area contributed by atoms with Gasteiger partial charge in [0.25, 0.3) is 0 Å². The Morgan fingerprint density at radius 2 is 2.00 bits per heavy atom. The fraction of sp³-hybridized carbons (Fsp3) is 0.647. The zero-order valence-corrected chi connectivity index (χ0v) is 12.8. The average molecular weight is 295 g/mol. The summed E-state index contributed by atoms with van der Waals surface area (Å²) in [5.74, 6) is -0.269. The summed E-state index contributed by atoms with van der Waals surface area (Å²) in [6, 6.07) is 5.44. The van der Waals surface area contributed by atoms with Crippen LogP contribution in [0.15, 0.2) is 18.2 Å². The molecule has 1 unspecified atom stereocenters. The molecule has 0 bridgehead atoms. The standard InChI is InChI=1S/C17H26FNO2/c1-13-6-7-14(12-16(13)18)17(21)8-9-19(10-11-20)15-4-2-3-5-15/h6-7,12,15,17,20-21H,2-5,8-11H2,1H3. The molecule has 1 aromatic carbocycles. The molecule has 1 fully saturated rings. The van der Waals surface area contributed by atoms with Crippen LogP contribution in [0, 0.1) is 12.7 Å². The van der Waals surface area contributed by atoms with Gasteiger partial charge < -0.3 is 10.2 Å². The smallest absolute Gasteiger partial charge is 0.126 e. The van der Waals surface area contributed by atoms with Crippen LogP contribution in [0.3, 0.4) is 0 Å². The maximum atomic E-state index is 13.6. The van der Waals surface area contributed by atoms with Crippen molar-refractivity contribution in [3.05, 3.63) is 35.1 Å². The molecule has 1 aromatic rings. The summed E-state index contributed by atoms with van der Waals surface area (Å²) in [4.78, 5) is 2.26. The van der Waals surface area contributed by atoms with Gasteiger partial charge in [0.2, 0.25) is 0 Å². The van der Waals surface area contributed by atoms with E-state index in [4.69, 9.17) is 0 Å². The first-order valence-electron chi connectivity index (χ1n) is 7.91. The molecule has 1 saturated carbocycles. The lowest BCUT2D eigenvalue weighted by atomic mass is 10.0. The highest BCUT2D eigenvalue weighted by atomic mass is 19.1. The van der Waals surface area contributed by atoms with Crippen LogP contribution in [-0.4, -0.2) is 40.9 Å². The van der Waals surface area contributed by atoms with Crippen molar-refractivity contribution in [3.8, 4) is 0 Å². The highest BCUT2D eigenvalue weighted by Gasteiger charge is 2.22. The molecule has 0 saturated heterocycles. The van der Waals surface area contributed by atoms with E-state index in [2.05, 4.69) is 4.90 Å². The second-order valence-electron chi connectivity index (χ2n) is 6.01. The first kappa shape index (κ1) is 16.4. The molecule has 1 atom stereocenters. The number of rotatable bonds is 7. The Morgan fingerprint density at radius 3 is 2.62 bits per heavy atom. The minimum atomic E-state index is -0.650. The van der Waals surface area contributed by atoms with Gasteiger partial charge in [-0.2, -0.15) is 0 Å². The maximum Gasteiger partial charge on any atom is 0.126 e. The molecular formula is C17H26FNO2. The number of hydrogen-bond donors (Lipinski definition) is 2. The number of benzene rings is 1.